The van der Waals surface area contributed by atoms with Gasteiger partial charge in [-0.1, -0.05) is 30.3 Å². The molecular weight excluding hydrogens is 531 g/mol. The zero-order valence-electron chi connectivity index (χ0n) is 21.4. The molecular formula is C29H27FN6O3S. The minimum Gasteiger partial charge on any atom is -0.369 e. The van der Waals surface area contributed by atoms with Crippen LogP contribution in [0.15, 0.2) is 83.9 Å². The predicted molar refractivity (Wildman–Crippen MR) is 151 cm³/mol. The molecule has 1 aliphatic heterocycles. The van der Waals surface area contributed by atoms with Crippen LogP contribution < -0.4 is 20.7 Å². The highest BCUT2D eigenvalue weighted by molar-refractivity contribution is 7.89. The quantitative estimate of drug-likeness (QED) is 0.284. The molecule has 2 aliphatic rings. The highest BCUT2D eigenvalue weighted by Gasteiger charge is 2.51. The maximum atomic E-state index is 13.8. The monoisotopic (exact) mass is 558 g/mol. The van der Waals surface area contributed by atoms with E-state index in [1.165, 1.54) is 18.2 Å². The molecule has 1 fully saturated rings. The van der Waals surface area contributed by atoms with E-state index < -0.39 is 15.4 Å². The summed E-state index contributed by atoms with van der Waals surface area (Å²) in [4.78, 5) is 22.4. The summed E-state index contributed by atoms with van der Waals surface area (Å²) in [7, 11) is -3.63. The number of carbonyl (C=O) groups excluding carboxylic acids is 1. The van der Waals surface area contributed by atoms with E-state index in [-0.39, 0.29) is 23.2 Å². The largest absolute Gasteiger partial charge is 0.369 e. The summed E-state index contributed by atoms with van der Waals surface area (Å²) >= 11 is 0. The van der Waals surface area contributed by atoms with Gasteiger partial charge in [-0.3, -0.25) is 4.79 Å². The summed E-state index contributed by atoms with van der Waals surface area (Å²) in [5.41, 5.74) is 2.78. The second kappa shape index (κ2) is 10.3. The Bertz CT molecular complexity index is 1690. The Balaban J connectivity index is 1.23. The second-order valence-corrected chi connectivity index (χ2v) is 11.7. The lowest BCUT2D eigenvalue weighted by atomic mass is 9.94. The molecule has 0 unspecified atom stereocenters. The molecule has 0 atom stereocenters. The van der Waals surface area contributed by atoms with Crippen LogP contribution in [0.25, 0.3) is 11.1 Å². The molecule has 4 N–H and O–H groups in total. The molecule has 0 radical (unpaired) electrons. The fraction of sp³-hybridized carbons (Fsp3) is 0.207. The minimum absolute atomic E-state index is 0.149. The Kier molecular flexibility index (Phi) is 6.68. The molecule has 3 aromatic carbocycles. The molecule has 0 spiro atoms. The zero-order valence-corrected chi connectivity index (χ0v) is 22.3. The Labute approximate surface area is 231 Å². The summed E-state index contributed by atoms with van der Waals surface area (Å²) in [6.45, 7) is 0.756. The molecule has 1 aliphatic carbocycles. The van der Waals surface area contributed by atoms with Gasteiger partial charge in [-0.2, -0.15) is 4.98 Å². The lowest BCUT2D eigenvalue weighted by Gasteiger charge is -2.16. The average Bonchev–Trinajstić information content (AvgIpc) is 3.76. The van der Waals surface area contributed by atoms with E-state index in [1.54, 1.807) is 36.5 Å². The minimum atomic E-state index is -3.63. The van der Waals surface area contributed by atoms with Crippen molar-refractivity contribution < 1.29 is 17.6 Å². The molecule has 4 aromatic rings. The van der Waals surface area contributed by atoms with Crippen LogP contribution in [-0.4, -0.2) is 37.4 Å². The lowest BCUT2D eigenvalue weighted by molar-refractivity contribution is -0.118. The number of rotatable bonds is 4. The Morgan fingerprint density at radius 3 is 2.55 bits per heavy atom. The SMILES string of the molecule is O=C(Nc1ccc(-c2cnc3nc2NCCCNS(=O)(=O)c2cccc(c2)N3)cc1)C1(c2cccc(F)c2)CC1. The van der Waals surface area contributed by atoms with E-state index in [1.807, 2.05) is 24.3 Å². The number of fused-ring (bicyclic) bond motifs is 4. The smallest absolute Gasteiger partial charge is 0.240 e. The van der Waals surface area contributed by atoms with E-state index in [0.29, 0.717) is 54.5 Å². The summed E-state index contributed by atoms with van der Waals surface area (Å²) in [5, 5.41) is 9.35. The first-order valence-electron chi connectivity index (χ1n) is 13.0. The van der Waals surface area contributed by atoms with Gasteiger partial charge in [0.1, 0.15) is 11.6 Å². The molecule has 4 bridgehead atoms. The van der Waals surface area contributed by atoms with Crippen LogP contribution >= 0.6 is 0 Å². The van der Waals surface area contributed by atoms with Crippen molar-refractivity contribution in [1.82, 2.24) is 14.7 Å². The third kappa shape index (κ3) is 5.25. The van der Waals surface area contributed by atoms with Crippen LogP contribution in [0.2, 0.25) is 0 Å². The second-order valence-electron chi connectivity index (χ2n) is 9.91. The first kappa shape index (κ1) is 25.9. The predicted octanol–water partition coefficient (Wildman–Crippen LogP) is 4.79. The zero-order chi connectivity index (χ0) is 27.7. The summed E-state index contributed by atoms with van der Waals surface area (Å²) in [5.74, 6) is 0.417. The van der Waals surface area contributed by atoms with Gasteiger partial charge < -0.3 is 16.0 Å². The van der Waals surface area contributed by atoms with E-state index in [9.17, 15) is 17.6 Å². The van der Waals surface area contributed by atoms with Gasteiger partial charge in [0.25, 0.3) is 0 Å². The number of anilines is 4. The van der Waals surface area contributed by atoms with E-state index in [0.717, 1.165) is 11.1 Å². The van der Waals surface area contributed by atoms with Gasteiger partial charge in [0.05, 0.1) is 10.3 Å². The Hall–Kier alpha value is -4.35. The molecule has 9 nitrogen and oxygen atoms in total. The van der Waals surface area contributed by atoms with Crippen molar-refractivity contribution in [2.24, 2.45) is 0 Å². The number of nitrogens with one attached hydrogen (secondary N) is 4. The van der Waals surface area contributed by atoms with Gasteiger partial charge in [0.15, 0.2) is 0 Å². The number of halogens is 1. The van der Waals surface area contributed by atoms with Crippen LogP contribution in [0, 0.1) is 5.82 Å². The summed E-state index contributed by atoms with van der Waals surface area (Å²) in [6.07, 6.45) is 3.60. The number of carbonyl (C=O) groups is 1. The van der Waals surface area contributed by atoms with Crippen molar-refractivity contribution in [2.75, 3.05) is 29.0 Å². The van der Waals surface area contributed by atoms with Gasteiger partial charge in [0, 0.05) is 36.2 Å². The van der Waals surface area contributed by atoms with Crippen molar-refractivity contribution in [3.8, 4) is 11.1 Å². The van der Waals surface area contributed by atoms with Crippen molar-refractivity contribution in [3.05, 3.63) is 90.4 Å². The molecule has 1 amide bonds. The van der Waals surface area contributed by atoms with Crippen LogP contribution in [0.5, 0.6) is 0 Å². The van der Waals surface area contributed by atoms with Crippen molar-refractivity contribution in [1.29, 1.82) is 0 Å². The van der Waals surface area contributed by atoms with Crippen molar-refractivity contribution >= 4 is 39.1 Å². The van der Waals surface area contributed by atoms with Gasteiger partial charge >= 0.3 is 0 Å². The molecule has 1 aromatic heterocycles. The molecule has 204 valence electrons. The fourth-order valence-corrected chi connectivity index (χ4v) is 5.90. The van der Waals surface area contributed by atoms with E-state index >= 15 is 0 Å². The van der Waals surface area contributed by atoms with Crippen LogP contribution in [-0.2, 0) is 20.2 Å². The number of hydrogen-bond donors (Lipinski definition) is 4. The van der Waals surface area contributed by atoms with E-state index in [4.69, 9.17) is 0 Å². The van der Waals surface area contributed by atoms with Crippen molar-refractivity contribution in [2.45, 2.75) is 29.6 Å². The molecule has 40 heavy (non-hydrogen) atoms. The summed E-state index contributed by atoms with van der Waals surface area (Å²) in [6, 6.07) is 20.1. The first-order chi connectivity index (χ1) is 19.3. The third-order valence-corrected chi connectivity index (χ3v) is 8.60. The number of aromatic nitrogens is 2. The molecule has 2 heterocycles. The number of benzene rings is 3. The molecule has 0 saturated heterocycles. The number of nitrogens with zero attached hydrogens (tertiary/aromatic N) is 2. The Morgan fingerprint density at radius 1 is 0.975 bits per heavy atom. The normalized spacial score (nSPS) is 17.1. The van der Waals surface area contributed by atoms with Crippen molar-refractivity contribution in [3.63, 3.8) is 0 Å². The molecule has 1 saturated carbocycles. The van der Waals surface area contributed by atoms with Gasteiger partial charge in [0.2, 0.25) is 21.9 Å². The Morgan fingerprint density at radius 2 is 1.77 bits per heavy atom. The third-order valence-electron chi connectivity index (χ3n) is 7.14. The molecule has 11 heteroatoms. The fourth-order valence-electron chi connectivity index (χ4n) is 4.79. The topological polar surface area (TPSA) is 125 Å². The standard InChI is InChI=1S/C29H27FN6O3S/c30-21-5-1-4-20(16-21)29(12-13-29)27(37)34-22-10-8-19(9-11-22)25-18-32-28-35-23-6-2-7-24(17-23)40(38,39)33-15-3-14-31-26(25)36-28/h1-2,4-11,16-18,33H,3,12-15H2,(H,34,37)(H2,31,32,35,36). The van der Waals surface area contributed by atoms with Crippen LogP contribution in [0.1, 0.15) is 24.8 Å². The highest BCUT2D eigenvalue weighted by atomic mass is 32.2. The first-order valence-corrected chi connectivity index (χ1v) is 14.5. The highest BCUT2D eigenvalue weighted by Crippen LogP contribution is 2.49. The number of sulfonamides is 1. The summed E-state index contributed by atoms with van der Waals surface area (Å²) < 4.78 is 41.6. The van der Waals surface area contributed by atoms with Gasteiger partial charge in [-0.05, 0) is 72.9 Å². The van der Waals surface area contributed by atoms with Crippen LogP contribution in [0.4, 0.5) is 27.5 Å². The number of hydrogen-bond acceptors (Lipinski definition) is 7. The maximum Gasteiger partial charge on any atom is 0.240 e. The van der Waals surface area contributed by atoms with Crippen LogP contribution in [0.3, 0.4) is 0 Å². The lowest BCUT2D eigenvalue weighted by Crippen LogP contribution is -2.27. The van der Waals surface area contributed by atoms with Gasteiger partial charge in [-0.25, -0.2) is 22.5 Å². The maximum absolute atomic E-state index is 13.8. The van der Waals surface area contributed by atoms with E-state index in [2.05, 4.69) is 30.6 Å². The van der Waals surface area contributed by atoms with Gasteiger partial charge in [-0.15, -0.1) is 0 Å². The molecule has 6 rings (SSSR count). The number of amides is 1. The average molecular weight is 559 g/mol.